The second-order valence-corrected chi connectivity index (χ2v) is 4.64. The number of nitrogens with one attached hydrogen (secondary N) is 1. The van der Waals surface area contributed by atoms with Crippen molar-refractivity contribution in [1.82, 2.24) is 9.55 Å². The zero-order valence-corrected chi connectivity index (χ0v) is 13.0. The fourth-order valence-electron chi connectivity index (χ4n) is 1.84. The molecule has 1 N–H and O–H groups in total. The molecule has 1 atom stereocenters. The predicted molar refractivity (Wildman–Crippen MR) is 78.6 cm³/mol. The smallest absolute Gasteiger partial charge is 0.331 e. The van der Waals surface area contributed by atoms with E-state index >= 15 is 0 Å². The first-order valence-electron chi connectivity index (χ1n) is 7.13. The predicted octanol–water partition coefficient (Wildman–Crippen LogP) is 0.430. The van der Waals surface area contributed by atoms with Crippen molar-refractivity contribution in [2.24, 2.45) is 0 Å². The first-order chi connectivity index (χ1) is 10.5. The van der Waals surface area contributed by atoms with Gasteiger partial charge in [0.25, 0.3) is 5.56 Å². The lowest BCUT2D eigenvalue weighted by molar-refractivity contribution is -0.150. The lowest BCUT2D eigenvalue weighted by Gasteiger charge is -2.24. The zero-order valence-electron chi connectivity index (χ0n) is 13.0. The van der Waals surface area contributed by atoms with Gasteiger partial charge in [-0.3, -0.25) is 14.3 Å². The van der Waals surface area contributed by atoms with Crippen LogP contribution in [0.25, 0.3) is 0 Å². The van der Waals surface area contributed by atoms with Crippen LogP contribution in [0.1, 0.15) is 32.9 Å². The average Bonchev–Trinajstić information content (AvgIpc) is 2.51. The summed E-state index contributed by atoms with van der Waals surface area (Å²) in [7, 11) is 1.26. The molecule has 0 radical (unpaired) electrons. The summed E-state index contributed by atoms with van der Waals surface area (Å²) >= 11 is 0. The van der Waals surface area contributed by atoms with Gasteiger partial charge in [-0.15, -0.1) is 0 Å². The van der Waals surface area contributed by atoms with E-state index in [0.29, 0.717) is 0 Å². The van der Waals surface area contributed by atoms with E-state index in [9.17, 15) is 14.4 Å². The molecule has 1 rings (SSSR count). The molecule has 0 aliphatic carbocycles. The van der Waals surface area contributed by atoms with Crippen LogP contribution in [0.4, 0.5) is 0 Å². The van der Waals surface area contributed by atoms with E-state index in [-0.39, 0.29) is 19.3 Å². The molecule has 0 amide bonds. The summed E-state index contributed by atoms with van der Waals surface area (Å²) in [6.07, 6.45) is 2.07. The third-order valence-electron chi connectivity index (χ3n) is 3.13. The summed E-state index contributed by atoms with van der Waals surface area (Å²) in [6, 6.07) is 1.23. The average molecular weight is 314 g/mol. The van der Waals surface area contributed by atoms with Crippen LogP contribution in [-0.2, 0) is 19.0 Å². The van der Waals surface area contributed by atoms with Gasteiger partial charge in [-0.25, -0.2) is 9.59 Å². The standard InChI is InChI=1S/C14H22N2O6/c1-4-10(5-2)22-12(8-21-9-13(18)20-3)16-7-6-11(17)15-14(16)19/h6-7,10,12H,4-5,8-9H2,1-3H3,(H,15,17,19)/t12-/m1/s1. The number of hydrogen-bond donors (Lipinski definition) is 1. The molecule has 124 valence electrons. The van der Waals surface area contributed by atoms with Gasteiger partial charge in [0, 0.05) is 12.3 Å². The molecule has 8 nitrogen and oxygen atoms in total. The number of aromatic nitrogens is 2. The maximum atomic E-state index is 11.9. The largest absolute Gasteiger partial charge is 0.467 e. The fraction of sp³-hybridized carbons (Fsp3) is 0.643. The topological polar surface area (TPSA) is 99.6 Å². The molecule has 8 heteroatoms. The van der Waals surface area contributed by atoms with Gasteiger partial charge in [0.05, 0.1) is 19.8 Å². The van der Waals surface area contributed by atoms with Crippen LogP contribution in [0.2, 0.25) is 0 Å². The Labute approximate surface area is 128 Å². The van der Waals surface area contributed by atoms with E-state index in [4.69, 9.17) is 9.47 Å². The minimum atomic E-state index is -0.737. The van der Waals surface area contributed by atoms with Gasteiger partial charge in [-0.05, 0) is 12.8 Å². The van der Waals surface area contributed by atoms with Crippen LogP contribution >= 0.6 is 0 Å². The van der Waals surface area contributed by atoms with Crippen LogP contribution in [0.5, 0.6) is 0 Å². The Morgan fingerprint density at radius 3 is 2.55 bits per heavy atom. The second-order valence-electron chi connectivity index (χ2n) is 4.64. The number of esters is 1. The van der Waals surface area contributed by atoms with Crippen molar-refractivity contribution < 1.29 is 19.0 Å². The maximum Gasteiger partial charge on any atom is 0.331 e. The molecule has 0 fully saturated rings. The number of aromatic amines is 1. The highest BCUT2D eigenvalue weighted by Crippen LogP contribution is 2.14. The summed E-state index contributed by atoms with van der Waals surface area (Å²) in [5.74, 6) is -0.518. The van der Waals surface area contributed by atoms with Crippen molar-refractivity contribution in [3.8, 4) is 0 Å². The monoisotopic (exact) mass is 314 g/mol. The van der Waals surface area contributed by atoms with E-state index in [1.165, 1.54) is 23.9 Å². The summed E-state index contributed by atoms with van der Waals surface area (Å²) in [5.41, 5.74) is -1.08. The second kappa shape index (κ2) is 9.16. The normalized spacial score (nSPS) is 12.4. The molecule has 0 unspecified atom stereocenters. The maximum absolute atomic E-state index is 11.9. The molecule has 1 aromatic rings. The quantitative estimate of drug-likeness (QED) is 0.664. The van der Waals surface area contributed by atoms with E-state index in [1.807, 2.05) is 13.8 Å². The van der Waals surface area contributed by atoms with Gasteiger partial charge in [0.2, 0.25) is 0 Å². The molecule has 0 saturated carbocycles. The molecule has 0 aliphatic rings. The van der Waals surface area contributed by atoms with Gasteiger partial charge in [0.15, 0.2) is 6.23 Å². The first-order valence-corrected chi connectivity index (χ1v) is 7.13. The Kier molecular flexibility index (Phi) is 7.55. The van der Waals surface area contributed by atoms with Gasteiger partial charge in [-0.1, -0.05) is 13.8 Å². The number of hydrogen-bond acceptors (Lipinski definition) is 6. The first kappa shape index (κ1) is 18.1. The number of H-pyrrole nitrogens is 1. The number of nitrogens with zero attached hydrogens (tertiary/aromatic N) is 1. The number of carbonyl (C=O) groups excluding carboxylic acids is 1. The van der Waals surface area contributed by atoms with Gasteiger partial charge < -0.3 is 14.2 Å². The highest BCUT2D eigenvalue weighted by atomic mass is 16.6. The number of ether oxygens (including phenoxy) is 3. The molecule has 0 aliphatic heterocycles. The number of rotatable bonds is 9. The number of methoxy groups -OCH3 is 1. The molecular weight excluding hydrogens is 292 g/mol. The Hall–Kier alpha value is -1.93. The SMILES string of the molecule is CCC(CC)O[C@H](COCC(=O)OC)n1ccc(=O)[nH]c1=O. The van der Waals surface area contributed by atoms with Gasteiger partial charge >= 0.3 is 11.7 Å². The van der Waals surface area contributed by atoms with Crippen LogP contribution in [0.15, 0.2) is 21.9 Å². The summed E-state index contributed by atoms with van der Waals surface area (Å²) in [6.45, 7) is 3.68. The molecule has 0 aromatic carbocycles. The van der Waals surface area contributed by atoms with Crippen LogP contribution in [0.3, 0.4) is 0 Å². The summed E-state index contributed by atoms with van der Waals surface area (Å²) in [5, 5.41) is 0. The van der Waals surface area contributed by atoms with Crippen molar-refractivity contribution in [1.29, 1.82) is 0 Å². The third-order valence-corrected chi connectivity index (χ3v) is 3.13. The zero-order chi connectivity index (χ0) is 16.5. The Balaban J connectivity index is 2.87. The highest BCUT2D eigenvalue weighted by molar-refractivity contribution is 5.70. The molecule has 0 saturated heterocycles. The molecule has 1 heterocycles. The lowest BCUT2D eigenvalue weighted by Crippen LogP contribution is -2.36. The fourth-order valence-corrected chi connectivity index (χ4v) is 1.84. The molecular formula is C14H22N2O6. The van der Waals surface area contributed by atoms with Crippen LogP contribution in [-0.4, -0.2) is 41.9 Å². The van der Waals surface area contributed by atoms with Crippen LogP contribution < -0.4 is 11.2 Å². The van der Waals surface area contributed by atoms with Crippen molar-refractivity contribution >= 4 is 5.97 Å². The number of carbonyl (C=O) groups is 1. The Morgan fingerprint density at radius 2 is 2.00 bits per heavy atom. The summed E-state index contributed by atoms with van der Waals surface area (Å²) in [4.78, 5) is 36.2. The van der Waals surface area contributed by atoms with E-state index in [2.05, 4.69) is 9.72 Å². The van der Waals surface area contributed by atoms with Gasteiger partial charge in [0.1, 0.15) is 6.61 Å². The summed E-state index contributed by atoms with van der Waals surface area (Å²) < 4.78 is 16.8. The molecule has 0 spiro atoms. The molecule has 1 aromatic heterocycles. The highest BCUT2D eigenvalue weighted by Gasteiger charge is 2.18. The van der Waals surface area contributed by atoms with Crippen molar-refractivity contribution in [3.05, 3.63) is 33.1 Å². The third kappa shape index (κ3) is 5.45. The van der Waals surface area contributed by atoms with Crippen molar-refractivity contribution in [2.45, 2.75) is 39.0 Å². The van der Waals surface area contributed by atoms with Crippen molar-refractivity contribution in [3.63, 3.8) is 0 Å². The minimum Gasteiger partial charge on any atom is -0.467 e. The van der Waals surface area contributed by atoms with Crippen molar-refractivity contribution in [2.75, 3.05) is 20.3 Å². The van der Waals surface area contributed by atoms with E-state index in [1.54, 1.807) is 0 Å². The Morgan fingerprint density at radius 1 is 1.32 bits per heavy atom. The molecule has 22 heavy (non-hydrogen) atoms. The minimum absolute atomic E-state index is 0.0163. The van der Waals surface area contributed by atoms with Gasteiger partial charge in [-0.2, -0.15) is 0 Å². The van der Waals surface area contributed by atoms with Crippen LogP contribution in [0, 0.1) is 0 Å². The Bertz CT molecular complexity index is 575. The van der Waals surface area contributed by atoms with E-state index in [0.717, 1.165) is 12.8 Å². The van der Waals surface area contributed by atoms with E-state index < -0.39 is 23.4 Å². The lowest BCUT2D eigenvalue weighted by atomic mass is 10.2. The molecule has 0 bridgehead atoms.